The van der Waals surface area contributed by atoms with Crippen LogP contribution in [0.25, 0.3) is 10.9 Å². The van der Waals surface area contributed by atoms with Crippen LogP contribution in [-0.4, -0.2) is 10.9 Å². The number of nitrogens with one attached hydrogen (secondary N) is 1. The van der Waals surface area contributed by atoms with E-state index in [-0.39, 0.29) is 5.91 Å². The summed E-state index contributed by atoms with van der Waals surface area (Å²) in [5, 5.41) is 4.44. The van der Waals surface area contributed by atoms with Crippen molar-refractivity contribution in [3.63, 3.8) is 0 Å². The van der Waals surface area contributed by atoms with Gasteiger partial charge in [0.25, 0.3) is 5.91 Å². The summed E-state index contributed by atoms with van der Waals surface area (Å²) >= 11 is 9.27. The maximum Gasteiger partial charge on any atom is 0.255 e. The van der Waals surface area contributed by atoms with Gasteiger partial charge in [-0.1, -0.05) is 33.6 Å². The molecule has 0 unspecified atom stereocenters. The Morgan fingerprint density at radius 1 is 1.14 bits per heavy atom. The van der Waals surface area contributed by atoms with Gasteiger partial charge in [0.05, 0.1) is 11.2 Å². The number of anilines is 1. The molecule has 0 saturated heterocycles. The van der Waals surface area contributed by atoms with E-state index in [1.54, 1.807) is 30.5 Å². The first-order valence-electron chi connectivity index (χ1n) is 6.25. The van der Waals surface area contributed by atoms with Crippen LogP contribution in [-0.2, 0) is 0 Å². The second-order valence-corrected chi connectivity index (χ2v) is 5.84. The SMILES string of the molecule is O=C(Nc1cc(Br)cc2cccnc12)c1ccc(Cl)cc1. The molecule has 2 aromatic carbocycles. The number of hydrogen-bond acceptors (Lipinski definition) is 2. The van der Waals surface area contributed by atoms with Crippen LogP contribution in [0.15, 0.2) is 59.2 Å². The Morgan fingerprint density at radius 3 is 2.67 bits per heavy atom. The summed E-state index contributed by atoms with van der Waals surface area (Å²) in [7, 11) is 0. The molecule has 3 rings (SSSR count). The fourth-order valence-electron chi connectivity index (χ4n) is 2.05. The van der Waals surface area contributed by atoms with Gasteiger partial charge < -0.3 is 5.32 Å². The van der Waals surface area contributed by atoms with Gasteiger partial charge in [-0.2, -0.15) is 0 Å². The smallest absolute Gasteiger partial charge is 0.255 e. The molecule has 1 aromatic heterocycles. The van der Waals surface area contributed by atoms with Gasteiger partial charge in [0.1, 0.15) is 0 Å². The molecule has 0 saturated carbocycles. The van der Waals surface area contributed by atoms with Gasteiger partial charge in [0, 0.05) is 26.6 Å². The van der Waals surface area contributed by atoms with Crippen LogP contribution in [0.4, 0.5) is 5.69 Å². The van der Waals surface area contributed by atoms with Crippen LogP contribution in [0.2, 0.25) is 5.02 Å². The molecular formula is C16H10BrClN2O. The summed E-state index contributed by atoms with van der Waals surface area (Å²) in [4.78, 5) is 16.6. The largest absolute Gasteiger partial charge is 0.320 e. The monoisotopic (exact) mass is 360 g/mol. The molecule has 0 bridgehead atoms. The minimum atomic E-state index is -0.197. The molecule has 3 nitrogen and oxygen atoms in total. The molecule has 0 aliphatic rings. The molecule has 0 fully saturated rings. The van der Waals surface area contributed by atoms with E-state index in [0.717, 1.165) is 15.4 Å². The van der Waals surface area contributed by atoms with E-state index in [1.165, 1.54) is 0 Å². The van der Waals surface area contributed by atoms with Crippen molar-refractivity contribution in [2.24, 2.45) is 0 Å². The highest BCUT2D eigenvalue weighted by molar-refractivity contribution is 9.10. The zero-order valence-electron chi connectivity index (χ0n) is 10.8. The lowest BCUT2D eigenvalue weighted by Gasteiger charge is -2.09. The van der Waals surface area contributed by atoms with Crippen molar-refractivity contribution in [3.8, 4) is 0 Å². The number of nitrogens with zero attached hydrogens (tertiary/aromatic N) is 1. The number of aromatic nitrogens is 1. The highest BCUT2D eigenvalue weighted by Gasteiger charge is 2.10. The van der Waals surface area contributed by atoms with Gasteiger partial charge >= 0.3 is 0 Å². The Morgan fingerprint density at radius 2 is 1.90 bits per heavy atom. The van der Waals surface area contributed by atoms with E-state index in [0.29, 0.717) is 16.3 Å². The molecular weight excluding hydrogens is 352 g/mol. The fraction of sp³-hybridized carbons (Fsp3) is 0. The van der Waals surface area contributed by atoms with Gasteiger partial charge in [-0.05, 0) is 42.5 Å². The second kappa shape index (κ2) is 5.84. The second-order valence-electron chi connectivity index (χ2n) is 4.49. The molecule has 104 valence electrons. The number of rotatable bonds is 2. The minimum Gasteiger partial charge on any atom is -0.320 e. The summed E-state index contributed by atoms with van der Waals surface area (Å²) in [6, 6.07) is 14.4. The Labute approximate surface area is 135 Å². The van der Waals surface area contributed by atoms with Crippen LogP contribution in [0.5, 0.6) is 0 Å². The number of amides is 1. The Bertz CT molecular complexity index is 818. The highest BCUT2D eigenvalue weighted by Crippen LogP contribution is 2.27. The molecule has 0 aliphatic heterocycles. The minimum absolute atomic E-state index is 0.197. The standard InChI is InChI=1S/C16H10BrClN2O/c17-12-8-11-2-1-7-19-15(11)14(9-12)20-16(21)10-3-5-13(18)6-4-10/h1-9H,(H,20,21). The summed E-state index contributed by atoms with van der Waals surface area (Å²) < 4.78 is 0.884. The number of pyridine rings is 1. The molecule has 1 N–H and O–H groups in total. The fourth-order valence-corrected chi connectivity index (χ4v) is 2.65. The molecule has 0 spiro atoms. The van der Waals surface area contributed by atoms with Gasteiger partial charge in [-0.25, -0.2) is 0 Å². The van der Waals surface area contributed by atoms with Crippen molar-refractivity contribution in [2.45, 2.75) is 0 Å². The van der Waals surface area contributed by atoms with E-state index in [1.807, 2.05) is 24.3 Å². The molecule has 0 atom stereocenters. The van der Waals surface area contributed by atoms with Crippen LogP contribution in [0, 0.1) is 0 Å². The number of carbonyl (C=O) groups is 1. The van der Waals surface area contributed by atoms with Crippen molar-refractivity contribution >= 4 is 50.0 Å². The predicted octanol–water partition coefficient (Wildman–Crippen LogP) is 4.90. The molecule has 5 heteroatoms. The average molecular weight is 362 g/mol. The van der Waals surface area contributed by atoms with E-state index in [4.69, 9.17) is 11.6 Å². The first kappa shape index (κ1) is 14.0. The Hall–Kier alpha value is -1.91. The quantitative estimate of drug-likeness (QED) is 0.705. The third-order valence-corrected chi connectivity index (χ3v) is 3.73. The molecule has 0 radical (unpaired) electrons. The van der Waals surface area contributed by atoms with E-state index in [2.05, 4.69) is 26.2 Å². The number of benzene rings is 2. The summed E-state index contributed by atoms with van der Waals surface area (Å²) in [6.45, 7) is 0. The Kier molecular flexibility index (Phi) is 3.90. The number of hydrogen-bond donors (Lipinski definition) is 1. The number of carbonyl (C=O) groups excluding carboxylic acids is 1. The molecule has 1 heterocycles. The van der Waals surface area contributed by atoms with Crippen LogP contribution >= 0.6 is 27.5 Å². The van der Waals surface area contributed by atoms with E-state index >= 15 is 0 Å². The van der Waals surface area contributed by atoms with Crippen LogP contribution in [0.3, 0.4) is 0 Å². The van der Waals surface area contributed by atoms with Gasteiger partial charge in [-0.15, -0.1) is 0 Å². The lowest BCUT2D eigenvalue weighted by molar-refractivity contribution is 0.102. The zero-order chi connectivity index (χ0) is 14.8. The number of halogens is 2. The maximum atomic E-state index is 12.3. The normalized spacial score (nSPS) is 10.6. The van der Waals surface area contributed by atoms with Crippen molar-refractivity contribution in [1.82, 2.24) is 4.98 Å². The summed E-state index contributed by atoms with van der Waals surface area (Å²) in [5.74, 6) is -0.197. The van der Waals surface area contributed by atoms with Crippen LogP contribution in [0.1, 0.15) is 10.4 Å². The van der Waals surface area contributed by atoms with Crippen molar-refractivity contribution in [3.05, 3.63) is 69.8 Å². The first-order chi connectivity index (χ1) is 10.1. The van der Waals surface area contributed by atoms with Crippen molar-refractivity contribution < 1.29 is 4.79 Å². The number of fused-ring (bicyclic) bond motifs is 1. The van der Waals surface area contributed by atoms with Crippen molar-refractivity contribution in [2.75, 3.05) is 5.32 Å². The molecule has 1 amide bonds. The lowest BCUT2D eigenvalue weighted by Crippen LogP contribution is -2.12. The van der Waals surface area contributed by atoms with Crippen LogP contribution < -0.4 is 5.32 Å². The average Bonchev–Trinajstić information content (AvgIpc) is 2.47. The first-order valence-corrected chi connectivity index (χ1v) is 7.42. The third-order valence-electron chi connectivity index (χ3n) is 3.02. The zero-order valence-corrected chi connectivity index (χ0v) is 13.1. The predicted molar refractivity (Wildman–Crippen MR) is 88.8 cm³/mol. The molecule has 0 aliphatic carbocycles. The lowest BCUT2D eigenvalue weighted by atomic mass is 10.1. The summed E-state index contributed by atoms with van der Waals surface area (Å²) in [6.07, 6.45) is 1.70. The van der Waals surface area contributed by atoms with Gasteiger partial charge in [-0.3, -0.25) is 9.78 Å². The third kappa shape index (κ3) is 3.06. The topological polar surface area (TPSA) is 42.0 Å². The van der Waals surface area contributed by atoms with E-state index in [9.17, 15) is 4.79 Å². The highest BCUT2D eigenvalue weighted by atomic mass is 79.9. The van der Waals surface area contributed by atoms with Gasteiger partial charge in [0.15, 0.2) is 0 Å². The summed E-state index contributed by atoms with van der Waals surface area (Å²) in [5.41, 5.74) is 1.96. The van der Waals surface area contributed by atoms with Gasteiger partial charge in [0.2, 0.25) is 0 Å². The Balaban J connectivity index is 1.98. The molecule has 3 aromatic rings. The maximum absolute atomic E-state index is 12.3. The van der Waals surface area contributed by atoms with Crippen molar-refractivity contribution in [1.29, 1.82) is 0 Å². The molecule has 21 heavy (non-hydrogen) atoms. The van der Waals surface area contributed by atoms with E-state index < -0.39 is 0 Å².